The molecule has 0 bridgehead atoms. The zero-order valence-corrected chi connectivity index (χ0v) is 17.8. The van der Waals surface area contributed by atoms with E-state index in [9.17, 15) is 24.9 Å². The molecule has 1 aromatic carbocycles. The third kappa shape index (κ3) is 7.32. The van der Waals surface area contributed by atoms with Crippen molar-refractivity contribution in [2.24, 2.45) is 5.92 Å². The number of aliphatic hydroxyl groups excluding tert-OH is 3. The first-order valence-corrected chi connectivity index (χ1v) is 10.4. The maximum atomic E-state index is 11.9. The maximum absolute atomic E-state index is 11.9. The van der Waals surface area contributed by atoms with Crippen molar-refractivity contribution in [3.8, 4) is 5.75 Å². The van der Waals surface area contributed by atoms with Crippen LogP contribution in [0.2, 0.25) is 0 Å². The second-order valence-electron chi connectivity index (χ2n) is 7.39. The number of cyclic esters (lactones) is 1. The van der Waals surface area contributed by atoms with Crippen molar-refractivity contribution in [1.29, 1.82) is 0 Å². The van der Waals surface area contributed by atoms with Crippen LogP contribution in [-0.2, 0) is 19.1 Å². The molecule has 0 aromatic heterocycles. The first-order chi connectivity index (χ1) is 14.8. The number of esters is 2. The molecular formula is C23H30O8. The summed E-state index contributed by atoms with van der Waals surface area (Å²) in [6, 6.07) is 6.73. The summed E-state index contributed by atoms with van der Waals surface area (Å²) in [5.41, 5.74) is 0.762. The summed E-state index contributed by atoms with van der Waals surface area (Å²) >= 11 is 0. The minimum absolute atomic E-state index is 0.270. The van der Waals surface area contributed by atoms with Gasteiger partial charge in [-0.1, -0.05) is 45.2 Å². The Hall–Kier alpha value is -3.00. The van der Waals surface area contributed by atoms with Crippen LogP contribution >= 0.6 is 0 Å². The van der Waals surface area contributed by atoms with Gasteiger partial charge in [-0.2, -0.15) is 0 Å². The smallest absolute Gasteiger partial charge is 0.377 e. The lowest BCUT2D eigenvalue weighted by molar-refractivity contribution is -0.147. The van der Waals surface area contributed by atoms with Crippen molar-refractivity contribution in [2.45, 2.75) is 51.7 Å². The molecule has 0 spiro atoms. The van der Waals surface area contributed by atoms with Gasteiger partial charge in [0.15, 0.2) is 11.9 Å². The van der Waals surface area contributed by atoms with Crippen LogP contribution in [0.1, 0.15) is 45.1 Å². The lowest BCUT2D eigenvalue weighted by atomic mass is 10.0. The quantitative estimate of drug-likeness (QED) is 0.338. The van der Waals surface area contributed by atoms with Crippen molar-refractivity contribution < 1.29 is 39.1 Å². The topological polar surface area (TPSA) is 123 Å². The molecule has 3 N–H and O–H groups in total. The predicted molar refractivity (Wildman–Crippen MR) is 113 cm³/mol. The first-order valence-electron chi connectivity index (χ1n) is 10.4. The Labute approximate surface area is 181 Å². The SMILES string of the molecule is CCCCC(CC)COC(=O)/C=C/c1ccc(OC[C@H](O)[C@H]2OC(=O)C(O)=C2O)cc1. The van der Waals surface area contributed by atoms with E-state index in [1.165, 1.54) is 6.08 Å². The summed E-state index contributed by atoms with van der Waals surface area (Å²) in [6.45, 7) is 4.39. The summed E-state index contributed by atoms with van der Waals surface area (Å²) < 4.78 is 15.4. The zero-order valence-electron chi connectivity index (χ0n) is 17.8. The molecule has 0 aliphatic carbocycles. The molecule has 3 atom stereocenters. The predicted octanol–water partition coefficient (Wildman–Crippen LogP) is 3.45. The summed E-state index contributed by atoms with van der Waals surface area (Å²) in [6.07, 6.45) is 4.58. The van der Waals surface area contributed by atoms with Gasteiger partial charge in [-0.3, -0.25) is 0 Å². The lowest BCUT2D eigenvalue weighted by Gasteiger charge is -2.17. The number of unbranched alkanes of at least 4 members (excludes halogenated alkanes) is 1. The van der Waals surface area contributed by atoms with Gasteiger partial charge in [0, 0.05) is 6.08 Å². The Morgan fingerprint density at radius 1 is 1.19 bits per heavy atom. The number of carbonyl (C=O) groups excluding carboxylic acids is 2. The van der Waals surface area contributed by atoms with E-state index in [1.54, 1.807) is 30.3 Å². The van der Waals surface area contributed by atoms with Gasteiger partial charge < -0.3 is 29.5 Å². The average Bonchev–Trinajstić information content (AvgIpc) is 3.04. The number of benzene rings is 1. The van der Waals surface area contributed by atoms with Gasteiger partial charge in [0.2, 0.25) is 5.76 Å². The van der Waals surface area contributed by atoms with E-state index in [0.29, 0.717) is 18.3 Å². The van der Waals surface area contributed by atoms with Crippen molar-refractivity contribution >= 4 is 18.0 Å². The minimum atomic E-state index is -1.37. The molecule has 8 nitrogen and oxygen atoms in total. The minimum Gasteiger partial charge on any atom is -0.505 e. The lowest BCUT2D eigenvalue weighted by Crippen LogP contribution is -2.33. The van der Waals surface area contributed by atoms with E-state index in [1.807, 2.05) is 0 Å². The highest BCUT2D eigenvalue weighted by molar-refractivity contribution is 5.89. The van der Waals surface area contributed by atoms with Crippen molar-refractivity contribution in [2.75, 3.05) is 13.2 Å². The van der Waals surface area contributed by atoms with Crippen LogP contribution in [0.3, 0.4) is 0 Å². The first kappa shape index (κ1) is 24.3. The van der Waals surface area contributed by atoms with Crippen LogP contribution in [-0.4, -0.2) is 52.7 Å². The van der Waals surface area contributed by atoms with Gasteiger partial charge in [-0.25, -0.2) is 9.59 Å². The van der Waals surface area contributed by atoms with E-state index in [0.717, 1.165) is 31.2 Å². The molecule has 8 heteroatoms. The second kappa shape index (κ2) is 12.0. The number of ether oxygens (including phenoxy) is 3. The molecule has 0 fully saturated rings. The van der Waals surface area contributed by atoms with Gasteiger partial charge in [-0.05, 0) is 36.1 Å². The third-order valence-electron chi connectivity index (χ3n) is 5.01. The molecule has 1 unspecified atom stereocenters. The monoisotopic (exact) mass is 434 g/mol. The van der Waals surface area contributed by atoms with E-state index < -0.39 is 29.7 Å². The molecule has 1 aliphatic heterocycles. The summed E-state index contributed by atoms with van der Waals surface area (Å²) in [7, 11) is 0. The molecule has 0 saturated carbocycles. The van der Waals surface area contributed by atoms with E-state index in [-0.39, 0.29) is 12.6 Å². The standard InChI is InChI=1S/C23H30O8/c1-3-5-6-15(4-2)13-30-19(25)12-9-16-7-10-17(11-8-16)29-14-18(24)22-20(26)21(27)23(28)31-22/h7-12,15,18,22,24,26-27H,3-6,13-14H2,1-2H3/b12-9+/t15?,18-,22+/m0/s1. The van der Waals surface area contributed by atoms with Crippen LogP contribution in [0.25, 0.3) is 6.08 Å². The maximum Gasteiger partial charge on any atom is 0.377 e. The zero-order chi connectivity index (χ0) is 22.8. The molecule has 1 heterocycles. The normalized spacial score (nSPS) is 18.2. The van der Waals surface area contributed by atoms with Gasteiger partial charge in [-0.15, -0.1) is 0 Å². The van der Waals surface area contributed by atoms with Crippen LogP contribution in [0.5, 0.6) is 5.75 Å². The molecule has 31 heavy (non-hydrogen) atoms. The largest absolute Gasteiger partial charge is 0.505 e. The number of rotatable bonds is 12. The molecule has 0 radical (unpaired) electrons. The fourth-order valence-electron chi connectivity index (χ4n) is 2.98. The van der Waals surface area contributed by atoms with Crippen molar-refractivity contribution in [3.63, 3.8) is 0 Å². The molecular weight excluding hydrogens is 404 g/mol. The summed E-state index contributed by atoms with van der Waals surface area (Å²) in [4.78, 5) is 23.1. The third-order valence-corrected chi connectivity index (χ3v) is 5.01. The van der Waals surface area contributed by atoms with E-state index in [4.69, 9.17) is 9.47 Å². The number of aliphatic hydroxyl groups is 3. The number of hydrogen-bond acceptors (Lipinski definition) is 8. The van der Waals surface area contributed by atoms with Gasteiger partial charge in [0.1, 0.15) is 18.5 Å². The Morgan fingerprint density at radius 2 is 1.90 bits per heavy atom. The number of carbonyl (C=O) groups is 2. The highest BCUT2D eigenvalue weighted by atomic mass is 16.6. The van der Waals surface area contributed by atoms with Crippen molar-refractivity contribution in [1.82, 2.24) is 0 Å². The van der Waals surface area contributed by atoms with Crippen molar-refractivity contribution in [3.05, 3.63) is 47.4 Å². The summed E-state index contributed by atoms with van der Waals surface area (Å²) in [5.74, 6) is -2.30. The molecule has 0 saturated heterocycles. The Balaban J connectivity index is 1.78. The van der Waals surface area contributed by atoms with Gasteiger partial charge in [0.05, 0.1) is 6.61 Å². The van der Waals surface area contributed by atoms with Gasteiger partial charge >= 0.3 is 11.9 Å². The molecule has 170 valence electrons. The van der Waals surface area contributed by atoms with E-state index >= 15 is 0 Å². The highest BCUT2D eigenvalue weighted by Gasteiger charge is 2.39. The van der Waals surface area contributed by atoms with Crippen LogP contribution in [0, 0.1) is 5.92 Å². The fraction of sp³-hybridized carbons (Fsp3) is 0.478. The Bertz CT molecular complexity index is 796. The van der Waals surface area contributed by atoms with Crippen LogP contribution < -0.4 is 4.74 Å². The summed E-state index contributed by atoms with van der Waals surface area (Å²) in [5, 5.41) is 28.8. The molecule has 2 rings (SSSR count). The van der Waals surface area contributed by atoms with E-state index in [2.05, 4.69) is 18.6 Å². The highest BCUT2D eigenvalue weighted by Crippen LogP contribution is 2.22. The Morgan fingerprint density at radius 3 is 2.48 bits per heavy atom. The van der Waals surface area contributed by atoms with Gasteiger partial charge in [0.25, 0.3) is 0 Å². The van der Waals surface area contributed by atoms with Crippen LogP contribution in [0.4, 0.5) is 0 Å². The molecule has 0 amide bonds. The number of hydrogen-bond donors (Lipinski definition) is 3. The Kier molecular flexibility index (Phi) is 9.40. The molecule has 1 aliphatic rings. The molecule has 1 aromatic rings. The average molecular weight is 434 g/mol. The second-order valence-corrected chi connectivity index (χ2v) is 7.39. The van der Waals surface area contributed by atoms with Crippen LogP contribution in [0.15, 0.2) is 41.9 Å². The fourth-order valence-corrected chi connectivity index (χ4v) is 2.98.